The maximum atomic E-state index is 12.1. The Balaban J connectivity index is 1.89. The summed E-state index contributed by atoms with van der Waals surface area (Å²) >= 11 is 0. The Hall–Kier alpha value is -1.35. The van der Waals surface area contributed by atoms with Crippen LogP contribution >= 0.6 is 0 Å². The lowest BCUT2D eigenvalue weighted by atomic mass is 9.52. The Kier molecular flexibility index (Phi) is 2.68. The molecule has 0 spiro atoms. The molecule has 2 fully saturated rings. The van der Waals surface area contributed by atoms with Crippen LogP contribution in [0.2, 0.25) is 0 Å². The Morgan fingerprint density at radius 2 is 2.30 bits per heavy atom. The number of ketones is 1. The number of carbonyl (C=O) groups is 1. The molecule has 1 N–H and O–H groups in total. The fourth-order valence-corrected chi connectivity index (χ4v) is 4.85. The predicted octanol–water partition coefficient (Wildman–Crippen LogP) is 2.22. The molecule has 0 radical (unpaired) electrons. The zero-order chi connectivity index (χ0) is 13.7. The van der Waals surface area contributed by atoms with Gasteiger partial charge in [0.15, 0.2) is 0 Å². The Morgan fingerprint density at radius 3 is 3.15 bits per heavy atom. The minimum absolute atomic E-state index is 0.0768. The number of fused-ring (bicyclic) bond motifs is 1. The largest absolute Gasteiger partial charge is 0.497 e. The molecule has 3 aliphatic rings. The molecular formula is C17H21NO2. The minimum atomic E-state index is 0.0768. The molecule has 2 aliphatic carbocycles. The first-order chi connectivity index (χ1) is 9.73. The molecule has 20 heavy (non-hydrogen) atoms. The molecule has 1 saturated carbocycles. The van der Waals surface area contributed by atoms with Gasteiger partial charge >= 0.3 is 0 Å². The van der Waals surface area contributed by atoms with Gasteiger partial charge in [-0.1, -0.05) is 6.07 Å². The zero-order valence-corrected chi connectivity index (χ0v) is 11.9. The average Bonchev–Trinajstić information content (AvgIpc) is 2.46. The molecule has 0 amide bonds. The van der Waals surface area contributed by atoms with E-state index in [0.717, 1.165) is 44.4 Å². The summed E-state index contributed by atoms with van der Waals surface area (Å²) in [5.74, 6) is 1.98. The average molecular weight is 271 g/mol. The molecule has 106 valence electrons. The van der Waals surface area contributed by atoms with Gasteiger partial charge < -0.3 is 10.1 Å². The molecule has 1 saturated heterocycles. The van der Waals surface area contributed by atoms with Gasteiger partial charge in [-0.3, -0.25) is 4.79 Å². The van der Waals surface area contributed by atoms with E-state index in [1.165, 1.54) is 11.1 Å². The lowest BCUT2D eigenvalue weighted by Gasteiger charge is -2.55. The summed E-state index contributed by atoms with van der Waals surface area (Å²) in [6, 6.07) is 7.00. The first kappa shape index (κ1) is 12.4. The summed E-state index contributed by atoms with van der Waals surface area (Å²) in [5, 5.41) is 3.69. The summed E-state index contributed by atoms with van der Waals surface area (Å²) in [5.41, 5.74) is 2.88. The summed E-state index contributed by atoms with van der Waals surface area (Å²) in [6.45, 7) is 1.03. The number of ether oxygens (including phenoxy) is 1. The molecule has 0 aromatic heterocycles. The van der Waals surface area contributed by atoms with E-state index in [4.69, 9.17) is 4.74 Å². The molecule has 4 rings (SSSR count). The molecule has 3 atom stereocenters. The van der Waals surface area contributed by atoms with Gasteiger partial charge in [-0.15, -0.1) is 0 Å². The summed E-state index contributed by atoms with van der Waals surface area (Å²) < 4.78 is 5.42. The second-order valence-electron chi connectivity index (χ2n) is 6.55. The van der Waals surface area contributed by atoms with Gasteiger partial charge in [0.1, 0.15) is 11.5 Å². The second-order valence-corrected chi connectivity index (χ2v) is 6.55. The normalized spacial score (nSPS) is 35.1. The van der Waals surface area contributed by atoms with Gasteiger partial charge in [0.25, 0.3) is 0 Å². The van der Waals surface area contributed by atoms with Crippen molar-refractivity contribution in [2.75, 3.05) is 13.7 Å². The monoisotopic (exact) mass is 271 g/mol. The van der Waals surface area contributed by atoms with Crippen molar-refractivity contribution in [3.8, 4) is 5.75 Å². The summed E-state index contributed by atoms with van der Waals surface area (Å²) in [4.78, 5) is 12.1. The quantitative estimate of drug-likeness (QED) is 0.851. The van der Waals surface area contributed by atoms with Crippen molar-refractivity contribution < 1.29 is 9.53 Å². The highest BCUT2D eigenvalue weighted by molar-refractivity contribution is 5.81. The third kappa shape index (κ3) is 1.59. The van der Waals surface area contributed by atoms with Gasteiger partial charge in [-0.2, -0.15) is 0 Å². The van der Waals surface area contributed by atoms with E-state index in [9.17, 15) is 4.79 Å². The Labute approximate surface area is 119 Å². The molecule has 1 aliphatic heterocycles. The number of nitrogens with one attached hydrogen (secondary N) is 1. The van der Waals surface area contributed by atoms with Gasteiger partial charge in [0.05, 0.1) is 7.11 Å². The van der Waals surface area contributed by atoms with Gasteiger partial charge in [-0.25, -0.2) is 0 Å². The number of hydrogen-bond donors (Lipinski definition) is 1. The molecule has 3 heteroatoms. The molecule has 3 nitrogen and oxygen atoms in total. The highest BCUT2D eigenvalue weighted by Crippen LogP contribution is 2.53. The van der Waals surface area contributed by atoms with Crippen molar-refractivity contribution in [2.24, 2.45) is 5.92 Å². The van der Waals surface area contributed by atoms with Crippen LogP contribution in [0.15, 0.2) is 18.2 Å². The number of carbonyl (C=O) groups excluding carboxylic acids is 1. The smallest absolute Gasteiger partial charge is 0.133 e. The summed E-state index contributed by atoms with van der Waals surface area (Å²) in [6.07, 6.45) is 4.73. The van der Waals surface area contributed by atoms with Crippen LogP contribution < -0.4 is 10.1 Å². The van der Waals surface area contributed by atoms with Crippen LogP contribution in [0.25, 0.3) is 0 Å². The van der Waals surface area contributed by atoms with E-state index in [1.807, 2.05) is 0 Å². The lowest BCUT2D eigenvalue weighted by molar-refractivity contribution is -0.125. The van der Waals surface area contributed by atoms with Crippen molar-refractivity contribution in [2.45, 2.75) is 43.6 Å². The molecular weight excluding hydrogens is 250 g/mol. The van der Waals surface area contributed by atoms with Gasteiger partial charge in [0.2, 0.25) is 0 Å². The number of methoxy groups -OCH3 is 1. The van der Waals surface area contributed by atoms with Crippen LogP contribution in [0.4, 0.5) is 0 Å². The van der Waals surface area contributed by atoms with Crippen molar-refractivity contribution >= 4 is 5.78 Å². The highest BCUT2D eigenvalue weighted by Gasteiger charge is 2.53. The molecule has 1 aromatic carbocycles. The van der Waals surface area contributed by atoms with Crippen LogP contribution in [0.1, 0.15) is 36.8 Å². The van der Waals surface area contributed by atoms with Crippen molar-refractivity contribution in [3.05, 3.63) is 29.3 Å². The van der Waals surface area contributed by atoms with Crippen molar-refractivity contribution in [1.82, 2.24) is 5.32 Å². The Morgan fingerprint density at radius 1 is 1.40 bits per heavy atom. The topological polar surface area (TPSA) is 38.3 Å². The van der Waals surface area contributed by atoms with E-state index in [0.29, 0.717) is 17.7 Å². The number of rotatable bonds is 1. The van der Waals surface area contributed by atoms with E-state index in [-0.39, 0.29) is 5.41 Å². The van der Waals surface area contributed by atoms with Crippen LogP contribution in [0.5, 0.6) is 5.75 Å². The maximum absolute atomic E-state index is 12.1. The minimum Gasteiger partial charge on any atom is -0.497 e. The molecule has 1 aromatic rings. The molecule has 2 unspecified atom stereocenters. The number of Topliss-reactive ketones (excluding diaryl/α,β-unsaturated/α-hetero) is 1. The SMILES string of the molecule is COc1ccc2c(c1)[C@]13CCNC(C2)C1CCC(=O)C3. The van der Waals surface area contributed by atoms with Crippen molar-refractivity contribution in [3.63, 3.8) is 0 Å². The van der Waals surface area contributed by atoms with E-state index >= 15 is 0 Å². The van der Waals surface area contributed by atoms with Crippen LogP contribution in [0.3, 0.4) is 0 Å². The maximum Gasteiger partial charge on any atom is 0.133 e. The van der Waals surface area contributed by atoms with Gasteiger partial charge in [0, 0.05) is 24.3 Å². The van der Waals surface area contributed by atoms with E-state index < -0.39 is 0 Å². The third-order valence-electron chi connectivity index (χ3n) is 5.71. The predicted molar refractivity (Wildman–Crippen MR) is 77.1 cm³/mol. The van der Waals surface area contributed by atoms with E-state index in [2.05, 4.69) is 23.5 Å². The molecule has 2 bridgehead atoms. The fraction of sp³-hybridized carbons (Fsp3) is 0.588. The van der Waals surface area contributed by atoms with Crippen LogP contribution in [-0.4, -0.2) is 25.5 Å². The highest BCUT2D eigenvalue weighted by atomic mass is 16.5. The van der Waals surface area contributed by atoms with Crippen LogP contribution in [0, 0.1) is 5.92 Å². The zero-order valence-electron chi connectivity index (χ0n) is 11.9. The van der Waals surface area contributed by atoms with Gasteiger partial charge in [-0.05, 0) is 55.0 Å². The number of benzene rings is 1. The Bertz CT molecular complexity index is 568. The number of piperidine rings is 1. The second kappa shape index (κ2) is 4.32. The first-order valence-corrected chi connectivity index (χ1v) is 7.65. The third-order valence-corrected chi connectivity index (χ3v) is 5.71. The van der Waals surface area contributed by atoms with Crippen LogP contribution in [-0.2, 0) is 16.6 Å². The standard InChI is InChI=1S/C17H21NO2/c1-20-13-4-2-11-8-16-14-5-3-12(19)10-17(14,6-7-18-16)15(11)9-13/h2,4,9,14,16,18H,3,5-8,10H2,1H3/t14?,16?,17-/m0/s1. The molecule has 1 heterocycles. The first-order valence-electron chi connectivity index (χ1n) is 7.65. The lowest BCUT2D eigenvalue weighted by Crippen LogP contribution is -2.60. The van der Waals surface area contributed by atoms with Crippen molar-refractivity contribution in [1.29, 1.82) is 0 Å². The fourth-order valence-electron chi connectivity index (χ4n) is 4.85. The summed E-state index contributed by atoms with van der Waals surface area (Å²) in [7, 11) is 1.72. The number of hydrogen-bond acceptors (Lipinski definition) is 3. The van der Waals surface area contributed by atoms with E-state index in [1.54, 1.807) is 7.11 Å².